The van der Waals surface area contributed by atoms with Crippen LogP contribution in [-0.4, -0.2) is 19.5 Å². The van der Waals surface area contributed by atoms with Gasteiger partial charge in [0.05, 0.1) is 17.7 Å². The van der Waals surface area contributed by atoms with Gasteiger partial charge in [0, 0.05) is 6.54 Å². The summed E-state index contributed by atoms with van der Waals surface area (Å²) in [6.07, 6.45) is 2.25. The van der Waals surface area contributed by atoms with Crippen LogP contribution in [0.25, 0.3) is 0 Å². The third-order valence-corrected chi connectivity index (χ3v) is 3.77. The normalized spacial score (nSPS) is 13.0. The Balaban J connectivity index is 3.19. The Morgan fingerprint density at radius 1 is 1.52 bits per heavy atom. The van der Waals surface area contributed by atoms with Gasteiger partial charge >= 0.3 is 0 Å². The number of nitrogens with zero attached hydrogens (tertiary/aromatic N) is 1. The quantitative estimate of drug-likeness (QED) is 0.757. The number of carbonyl (C=O) groups excluding carboxylic acids is 1. The fourth-order valence-corrected chi connectivity index (χ4v) is 2.34. The molecule has 112 valence electrons. The maximum atomic E-state index is 11.4. The Labute approximate surface area is 126 Å². The predicted octanol–water partition coefficient (Wildman–Crippen LogP) is 2.63. The molecule has 4 heteroatoms. The highest BCUT2D eigenvalue weighted by Gasteiger charge is 2.20. The van der Waals surface area contributed by atoms with Crippen molar-refractivity contribution in [2.75, 3.05) is 13.6 Å². The summed E-state index contributed by atoms with van der Waals surface area (Å²) in [5.41, 5.74) is 2.78. The van der Waals surface area contributed by atoms with E-state index in [1.165, 1.54) is 6.08 Å². The summed E-state index contributed by atoms with van der Waals surface area (Å²) in [5, 5.41) is 15.4. The molecule has 1 aromatic carbocycles. The van der Waals surface area contributed by atoms with Crippen molar-refractivity contribution >= 4 is 5.91 Å². The summed E-state index contributed by atoms with van der Waals surface area (Å²) in [7, 11) is 1.83. The average molecular weight is 285 g/mol. The number of nitriles is 1. The minimum atomic E-state index is -0.213. The van der Waals surface area contributed by atoms with E-state index < -0.39 is 0 Å². The first-order valence-electron chi connectivity index (χ1n) is 7.19. The van der Waals surface area contributed by atoms with Crippen LogP contribution >= 0.6 is 0 Å². The van der Waals surface area contributed by atoms with Crippen molar-refractivity contribution < 1.29 is 4.79 Å². The zero-order valence-corrected chi connectivity index (χ0v) is 12.9. The zero-order valence-electron chi connectivity index (χ0n) is 12.9. The minimum absolute atomic E-state index is 0.103. The Morgan fingerprint density at radius 3 is 2.76 bits per heavy atom. The van der Waals surface area contributed by atoms with Crippen molar-refractivity contribution in [3.63, 3.8) is 0 Å². The van der Waals surface area contributed by atoms with E-state index in [2.05, 4.69) is 43.2 Å². The maximum Gasteiger partial charge on any atom is 0.243 e. The number of hydrogen-bond donors (Lipinski definition) is 2. The highest BCUT2D eigenvalue weighted by Crippen LogP contribution is 2.29. The van der Waals surface area contributed by atoms with Gasteiger partial charge in [0.2, 0.25) is 5.91 Å². The van der Waals surface area contributed by atoms with Crippen LogP contribution in [0.1, 0.15) is 48.9 Å². The van der Waals surface area contributed by atoms with Crippen LogP contribution in [0.5, 0.6) is 0 Å². The summed E-state index contributed by atoms with van der Waals surface area (Å²) >= 11 is 0. The van der Waals surface area contributed by atoms with E-state index in [1.54, 1.807) is 0 Å². The third-order valence-electron chi connectivity index (χ3n) is 3.77. The number of hydrogen-bond acceptors (Lipinski definition) is 3. The van der Waals surface area contributed by atoms with Crippen LogP contribution in [0.2, 0.25) is 0 Å². The second-order valence-corrected chi connectivity index (χ2v) is 5.02. The van der Waals surface area contributed by atoms with E-state index in [1.807, 2.05) is 19.2 Å². The molecule has 0 fully saturated rings. The summed E-state index contributed by atoms with van der Waals surface area (Å²) in [4.78, 5) is 11.4. The van der Waals surface area contributed by atoms with Gasteiger partial charge in [-0.1, -0.05) is 32.6 Å². The summed E-state index contributed by atoms with van der Waals surface area (Å²) in [6.45, 7) is 8.14. The predicted molar refractivity (Wildman–Crippen MR) is 84.9 cm³/mol. The average Bonchev–Trinajstić information content (AvgIpc) is 2.54. The summed E-state index contributed by atoms with van der Waals surface area (Å²) in [5.74, 6) is 0.147. The van der Waals surface area contributed by atoms with Crippen LogP contribution in [0.15, 0.2) is 30.9 Å². The van der Waals surface area contributed by atoms with Gasteiger partial charge in [0.25, 0.3) is 0 Å². The molecule has 1 amide bonds. The molecule has 2 N–H and O–H groups in total. The molecule has 0 saturated carbocycles. The zero-order chi connectivity index (χ0) is 15.8. The minimum Gasteiger partial charge on any atom is -0.351 e. The molecule has 0 aliphatic heterocycles. The fraction of sp³-hybridized carbons (Fsp3) is 0.412. The van der Waals surface area contributed by atoms with Gasteiger partial charge in [-0.2, -0.15) is 5.26 Å². The van der Waals surface area contributed by atoms with Crippen LogP contribution in [0.4, 0.5) is 0 Å². The van der Waals surface area contributed by atoms with Crippen molar-refractivity contribution in [3.05, 3.63) is 47.5 Å². The molecule has 1 aromatic rings. The molecule has 0 saturated heterocycles. The van der Waals surface area contributed by atoms with Gasteiger partial charge in [-0.3, -0.25) is 4.79 Å². The first-order valence-corrected chi connectivity index (χ1v) is 7.19. The standard InChI is InChI=1S/C17H23N3O/c1-5-12(3)14-9-7-8-13(10-18)17(14)15(19-4)11-20-16(21)6-2/h6-9,12,15,19H,2,5,11H2,1,3-4H3,(H,20,21). The highest BCUT2D eigenvalue weighted by atomic mass is 16.1. The van der Waals surface area contributed by atoms with E-state index in [9.17, 15) is 10.1 Å². The topological polar surface area (TPSA) is 64.9 Å². The van der Waals surface area contributed by atoms with Crippen LogP contribution in [-0.2, 0) is 4.79 Å². The Morgan fingerprint density at radius 2 is 2.24 bits per heavy atom. The van der Waals surface area contributed by atoms with Gasteiger partial charge in [-0.15, -0.1) is 0 Å². The molecule has 0 radical (unpaired) electrons. The van der Waals surface area contributed by atoms with E-state index >= 15 is 0 Å². The lowest BCUT2D eigenvalue weighted by atomic mass is 9.87. The van der Waals surface area contributed by atoms with Gasteiger partial charge in [0.15, 0.2) is 0 Å². The summed E-state index contributed by atoms with van der Waals surface area (Å²) < 4.78 is 0. The smallest absolute Gasteiger partial charge is 0.243 e. The highest BCUT2D eigenvalue weighted by molar-refractivity contribution is 5.86. The molecule has 0 aliphatic carbocycles. The number of rotatable bonds is 7. The largest absolute Gasteiger partial charge is 0.351 e. The summed E-state index contributed by atoms with van der Waals surface area (Å²) in [6, 6.07) is 7.95. The Kier molecular flexibility index (Phi) is 6.64. The second kappa shape index (κ2) is 8.23. The fourth-order valence-electron chi connectivity index (χ4n) is 2.34. The molecule has 2 atom stereocenters. The lowest BCUT2D eigenvalue weighted by molar-refractivity contribution is -0.116. The van der Waals surface area contributed by atoms with Crippen molar-refractivity contribution in [1.82, 2.24) is 10.6 Å². The first kappa shape index (κ1) is 16.9. The van der Waals surface area contributed by atoms with E-state index in [4.69, 9.17) is 0 Å². The van der Waals surface area contributed by atoms with Gasteiger partial charge in [-0.25, -0.2) is 0 Å². The van der Waals surface area contributed by atoms with Crippen molar-refractivity contribution in [2.45, 2.75) is 32.2 Å². The molecule has 0 aromatic heterocycles. The molecule has 0 bridgehead atoms. The number of carbonyl (C=O) groups is 1. The van der Waals surface area contributed by atoms with Gasteiger partial charge in [0.1, 0.15) is 0 Å². The molecule has 0 heterocycles. The molecule has 4 nitrogen and oxygen atoms in total. The van der Waals surface area contributed by atoms with Gasteiger partial charge in [-0.05, 0) is 42.7 Å². The van der Waals surface area contributed by atoms with E-state index in [0.717, 1.165) is 17.5 Å². The lowest BCUT2D eigenvalue weighted by Crippen LogP contribution is -2.33. The molecule has 0 spiro atoms. The monoisotopic (exact) mass is 285 g/mol. The van der Waals surface area contributed by atoms with Crippen LogP contribution in [0, 0.1) is 11.3 Å². The maximum absolute atomic E-state index is 11.4. The number of nitrogens with one attached hydrogen (secondary N) is 2. The Bertz CT molecular complexity index is 545. The molecule has 1 rings (SSSR count). The molecule has 21 heavy (non-hydrogen) atoms. The number of amides is 1. The molecule has 0 aliphatic rings. The molecule has 2 unspecified atom stereocenters. The number of likely N-dealkylation sites (N-methyl/N-ethyl adjacent to an activating group) is 1. The van der Waals surface area contributed by atoms with Crippen LogP contribution < -0.4 is 10.6 Å². The van der Waals surface area contributed by atoms with Crippen molar-refractivity contribution in [3.8, 4) is 6.07 Å². The van der Waals surface area contributed by atoms with Gasteiger partial charge < -0.3 is 10.6 Å². The van der Waals surface area contributed by atoms with E-state index in [0.29, 0.717) is 18.0 Å². The van der Waals surface area contributed by atoms with Crippen molar-refractivity contribution in [2.24, 2.45) is 0 Å². The second-order valence-electron chi connectivity index (χ2n) is 5.02. The molecular weight excluding hydrogens is 262 g/mol. The van der Waals surface area contributed by atoms with E-state index in [-0.39, 0.29) is 11.9 Å². The first-order chi connectivity index (χ1) is 10.1. The van der Waals surface area contributed by atoms with Crippen molar-refractivity contribution in [1.29, 1.82) is 5.26 Å². The lowest BCUT2D eigenvalue weighted by Gasteiger charge is -2.24. The number of benzene rings is 1. The third kappa shape index (κ3) is 4.17. The molecular formula is C17H23N3O. The SMILES string of the molecule is C=CC(=O)NCC(NC)c1c(C#N)cccc1C(C)CC. The van der Waals surface area contributed by atoms with Crippen LogP contribution in [0.3, 0.4) is 0 Å². The Hall–Kier alpha value is -2.12.